The van der Waals surface area contributed by atoms with Gasteiger partial charge in [-0.15, -0.1) is 11.3 Å². The van der Waals surface area contributed by atoms with Gasteiger partial charge < -0.3 is 10.0 Å². The molecule has 0 amide bonds. The van der Waals surface area contributed by atoms with Crippen molar-refractivity contribution in [2.75, 3.05) is 18.0 Å². The maximum absolute atomic E-state index is 11.2. The van der Waals surface area contributed by atoms with Crippen LogP contribution in [0.4, 0.5) is 10.7 Å². The molecule has 1 fully saturated rings. The zero-order valence-corrected chi connectivity index (χ0v) is 13.9. The Balaban J connectivity index is 2.18. The second-order valence-electron chi connectivity index (χ2n) is 6.90. The van der Waals surface area contributed by atoms with Gasteiger partial charge in [-0.2, -0.15) is 0 Å². The summed E-state index contributed by atoms with van der Waals surface area (Å²) < 4.78 is 0. The number of aliphatic hydroxyl groups excluding tert-OH is 1. The molecular formula is C15H24N2O3S. The highest BCUT2D eigenvalue weighted by Gasteiger charge is 2.32. The maximum Gasteiger partial charge on any atom is 0.304 e. The molecule has 5 nitrogen and oxygen atoms in total. The largest absolute Gasteiger partial charge is 0.388 e. The summed E-state index contributed by atoms with van der Waals surface area (Å²) in [5.41, 5.74) is 0.420. The summed E-state index contributed by atoms with van der Waals surface area (Å²) in [4.78, 5) is 13.7. The second kappa shape index (κ2) is 5.93. The molecule has 1 aromatic rings. The molecule has 0 aromatic carbocycles. The van der Waals surface area contributed by atoms with Gasteiger partial charge in [0, 0.05) is 24.0 Å². The molecule has 6 heteroatoms. The van der Waals surface area contributed by atoms with Crippen molar-refractivity contribution in [2.45, 2.75) is 46.6 Å². The van der Waals surface area contributed by atoms with Gasteiger partial charge in [-0.05, 0) is 31.1 Å². The molecule has 0 saturated carbocycles. The fraction of sp³-hybridized carbons (Fsp3) is 0.733. The summed E-state index contributed by atoms with van der Waals surface area (Å²) in [5, 5.41) is 21.6. The fourth-order valence-electron chi connectivity index (χ4n) is 2.90. The van der Waals surface area contributed by atoms with Crippen molar-refractivity contribution in [3.05, 3.63) is 21.1 Å². The van der Waals surface area contributed by atoms with Crippen molar-refractivity contribution in [2.24, 2.45) is 11.3 Å². The first kappa shape index (κ1) is 16.2. The van der Waals surface area contributed by atoms with Crippen LogP contribution in [0.25, 0.3) is 0 Å². The molecule has 0 spiro atoms. The highest BCUT2D eigenvalue weighted by atomic mass is 32.1. The Bertz CT molecular complexity index is 511. The van der Waals surface area contributed by atoms with Gasteiger partial charge in [0.1, 0.15) is 0 Å². The lowest BCUT2D eigenvalue weighted by Gasteiger charge is -2.38. The molecule has 0 bridgehead atoms. The summed E-state index contributed by atoms with van der Waals surface area (Å²) in [6.45, 7) is 10.1. The van der Waals surface area contributed by atoms with E-state index in [0.717, 1.165) is 25.9 Å². The van der Waals surface area contributed by atoms with E-state index in [1.165, 1.54) is 17.4 Å². The van der Waals surface area contributed by atoms with Gasteiger partial charge in [0.25, 0.3) is 0 Å². The number of hydrogen-bond acceptors (Lipinski definition) is 5. The van der Waals surface area contributed by atoms with E-state index in [2.05, 4.69) is 25.7 Å². The van der Waals surface area contributed by atoms with Crippen molar-refractivity contribution in [3.8, 4) is 0 Å². The van der Waals surface area contributed by atoms with Gasteiger partial charge in [0.15, 0.2) is 5.00 Å². The molecule has 2 heterocycles. The SMILES string of the molecule is C[C@H](O)c1cc([N+](=O)[O-])c(N2CCC(C(C)(C)C)CC2)s1. The van der Waals surface area contributed by atoms with Crippen molar-refractivity contribution >= 4 is 22.0 Å². The highest BCUT2D eigenvalue weighted by molar-refractivity contribution is 7.16. The third kappa shape index (κ3) is 3.55. The summed E-state index contributed by atoms with van der Waals surface area (Å²) >= 11 is 1.35. The smallest absolute Gasteiger partial charge is 0.304 e. The average molecular weight is 312 g/mol. The molecule has 1 aliphatic rings. The topological polar surface area (TPSA) is 66.6 Å². The van der Waals surface area contributed by atoms with Crippen LogP contribution in [0, 0.1) is 21.4 Å². The Morgan fingerprint density at radius 1 is 1.43 bits per heavy atom. The van der Waals surface area contributed by atoms with Crippen molar-refractivity contribution in [1.82, 2.24) is 0 Å². The first-order valence-electron chi connectivity index (χ1n) is 7.41. The van der Waals surface area contributed by atoms with E-state index in [1.807, 2.05) is 0 Å². The predicted molar refractivity (Wildman–Crippen MR) is 86.0 cm³/mol. The van der Waals surface area contributed by atoms with E-state index < -0.39 is 6.10 Å². The average Bonchev–Trinajstić information content (AvgIpc) is 2.83. The van der Waals surface area contributed by atoms with E-state index in [0.29, 0.717) is 15.8 Å². The number of nitrogens with zero attached hydrogens (tertiary/aromatic N) is 2. The van der Waals surface area contributed by atoms with Gasteiger partial charge in [0.05, 0.1) is 11.0 Å². The molecule has 0 aliphatic carbocycles. The molecule has 1 aliphatic heterocycles. The van der Waals surface area contributed by atoms with Crippen molar-refractivity contribution < 1.29 is 10.0 Å². The quantitative estimate of drug-likeness (QED) is 0.677. The second-order valence-corrected chi connectivity index (χ2v) is 7.96. The zero-order valence-electron chi connectivity index (χ0n) is 13.1. The monoisotopic (exact) mass is 312 g/mol. The Kier molecular flexibility index (Phi) is 4.58. The Hall–Kier alpha value is -1.14. The minimum absolute atomic E-state index is 0.130. The van der Waals surface area contributed by atoms with Crippen LogP contribution in [0.1, 0.15) is 51.5 Å². The minimum Gasteiger partial charge on any atom is -0.388 e. The third-order valence-corrected chi connectivity index (χ3v) is 5.68. The zero-order chi connectivity index (χ0) is 15.8. The lowest BCUT2D eigenvalue weighted by molar-refractivity contribution is -0.383. The number of nitro groups is 1. The van der Waals surface area contributed by atoms with Crippen LogP contribution < -0.4 is 4.90 Å². The predicted octanol–water partition coefficient (Wildman–Crippen LogP) is 3.97. The summed E-state index contributed by atoms with van der Waals surface area (Å²) in [6.07, 6.45) is 1.46. The number of rotatable bonds is 3. The molecule has 118 valence electrons. The van der Waals surface area contributed by atoms with Gasteiger partial charge in [-0.1, -0.05) is 20.8 Å². The molecule has 1 aromatic heterocycles. The Morgan fingerprint density at radius 2 is 2.00 bits per heavy atom. The Labute approximate surface area is 129 Å². The Morgan fingerprint density at radius 3 is 2.43 bits per heavy atom. The van der Waals surface area contributed by atoms with E-state index in [1.54, 1.807) is 6.92 Å². The van der Waals surface area contributed by atoms with E-state index in [4.69, 9.17) is 0 Å². The van der Waals surface area contributed by atoms with Crippen LogP contribution in [0.2, 0.25) is 0 Å². The standard InChI is InChI=1S/C15H24N2O3S/c1-10(18)13-9-12(17(19)20)14(21-13)16-7-5-11(6-8-16)15(2,3)4/h9-11,18H,5-8H2,1-4H3/t10-/m0/s1. The number of hydrogen-bond donors (Lipinski definition) is 1. The number of aliphatic hydroxyl groups is 1. The first-order valence-corrected chi connectivity index (χ1v) is 8.23. The van der Waals surface area contributed by atoms with Crippen LogP contribution in [0.3, 0.4) is 0 Å². The first-order chi connectivity index (χ1) is 9.70. The lowest BCUT2D eigenvalue weighted by Crippen LogP contribution is -2.37. The van der Waals surface area contributed by atoms with Gasteiger partial charge >= 0.3 is 5.69 Å². The van der Waals surface area contributed by atoms with Gasteiger partial charge in [0.2, 0.25) is 0 Å². The third-order valence-electron chi connectivity index (χ3n) is 4.33. The van der Waals surface area contributed by atoms with Gasteiger partial charge in [-0.25, -0.2) is 0 Å². The molecule has 21 heavy (non-hydrogen) atoms. The van der Waals surface area contributed by atoms with Crippen LogP contribution in [0.15, 0.2) is 6.07 Å². The van der Waals surface area contributed by atoms with E-state index >= 15 is 0 Å². The normalized spacial score (nSPS) is 18.8. The lowest BCUT2D eigenvalue weighted by atomic mass is 9.75. The number of piperidine rings is 1. The fourth-order valence-corrected chi connectivity index (χ4v) is 4.02. The number of anilines is 1. The number of thiophene rings is 1. The van der Waals surface area contributed by atoms with Crippen molar-refractivity contribution in [1.29, 1.82) is 0 Å². The molecule has 0 radical (unpaired) electrons. The molecular weight excluding hydrogens is 288 g/mol. The molecule has 1 saturated heterocycles. The van der Waals surface area contributed by atoms with Crippen LogP contribution in [0.5, 0.6) is 0 Å². The highest BCUT2D eigenvalue weighted by Crippen LogP contribution is 2.43. The van der Waals surface area contributed by atoms with Gasteiger partial charge in [-0.3, -0.25) is 10.1 Å². The van der Waals surface area contributed by atoms with E-state index in [-0.39, 0.29) is 16.0 Å². The molecule has 1 N–H and O–H groups in total. The molecule has 1 atom stereocenters. The van der Waals surface area contributed by atoms with Crippen LogP contribution in [-0.2, 0) is 0 Å². The minimum atomic E-state index is -0.658. The van der Waals surface area contributed by atoms with Crippen molar-refractivity contribution in [3.63, 3.8) is 0 Å². The summed E-state index contributed by atoms with van der Waals surface area (Å²) in [7, 11) is 0. The van der Waals surface area contributed by atoms with E-state index in [9.17, 15) is 15.2 Å². The molecule has 0 unspecified atom stereocenters. The van der Waals surface area contributed by atoms with Crippen LogP contribution >= 0.6 is 11.3 Å². The molecule has 2 rings (SSSR count). The summed E-state index contributed by atoms with van der Waals surface area (Å²) in [6, 6.07) is 1.51. The maximum atomic E-state index is 11.2. The van der Waals surface area contributed by atoms with Crippen LogP contribution in [-0.4, -0.2) is 23.1 Å². The summed E-state index contributed by atoms with van der Waals surface area (Å²) in [5.74, 6) is 0.656.